The Hall–Kier alpha value is -1.97. The number of fused-ring (bicyclic) bond motifs is 1. The van der Waals surface area contributed by atoms with Crippen molar-refractivity contribution in [3.05, 3.63) is 23.8 Å². The summed E-state index contributed by atoms with van der Waals surface area (Å²) in [5.74, 6) is -0.274. The number of carbonyl (C=O) groups is 2. The van der Waals surface area contributed by atoms with Crippen LogP contribution in [0.15, 0.2) is 23.1 Å². The third kappa shape index (κ3) is 4.10. The average molecular weight is 437 g/mol. The van der Waals surface area contributed by atoms with Crippen molar-refractivity contribution in [3.63, 3.8) is 0 Å². The van der Waals surface area contributed by atoms with Crippen LogP contribution in [0.3, 0.4) is 0 Å². The highest BCUT2D eigenvalue weighted by atomic mass is 32.2. The zero-order chi connectivity index (χ0) is 22.1. The van der Waals surface area contributed by atoms with Crippen molar-refractivity contribution in [1.29, 1.82) is 0 Å². The quantitative estimate of drug-likeness (QED) is 0.669. The fourth-order valence-corrected chi connectivity index (χ4v) is 5.89. The first kappa shape index (κ1) is 22.7. The summed E-state index contributed by atoms with van der Waals surface area (Å²) < 4.78 is 27.2. The Morgan fingerprint density at radius 2 is 1.70 bits per heavy atom. The van der Waals surface area contributed by atoms with Gasteiger partial charge >= 0.3 is 0 Å². The highest BCUT2D eigenvalue weighted by Crippen LogP contribution is 2.35. The van der Waals surface area contributed by atoms with E-state index in [-0.39, 0.29) is 16.7 Å². The van der Waals surface area contributed by atoms with Crippen LogP contribution in [-0.4, -0.2) is 86.2 Å². The molecule has 0 aliphatic carbocycles. The summed E-state index contributed by atoms with van der Waals surface area (Å²) in [7, 11) is -3.60. The summed E-state index contributed by atoms with van der Waals surface area (Å²) in [6, 6.07) is 4.21. The molecule has 1 saturated heterocycles. The third-order valence-corrected chi connectivity index (χ3v) is 8.18. The fourth-order valence-electron chi connectivity index (χ4n) is 4.38. The number of rotatable bonds is 6. The highest BCUT2D eigenvalue weighted by molar-refractivity contribution is 7.89. The molecule has 0 radical (unpaired) electrons. The molecule has 2 amide bonds. The lowest BCUT2D eigenvalue weighted by Crippen LogP contribution is -2.55. The summed E-state index contributed by atoms with van der Waals surface area (Å²) in [6.45, 7) is 11.8. The van der Waals surface area contributed by atoms with Gasteiger partial charge in [0.05, 0.1) is 4.90 Å². The summed E-state index contributed by atoms with van der Waals surface area (Å²) in [5, 5.41) is 0. The van der Waals surface area contributed by atoms with E-state index < -0.39 is 16.1 Å². The zero-order valence-electron chi connectivity index (χ0n) is 18.3. The molecule has 0 N–H and O–H groups in total. The van der Waals surface area contributed by atoms with E-state index in [0.717, 1.165) is 25.2 Å². The predicted octanol–water partition coefficient (Wildman–Crippen LogP) is 1.16. The Balaban J connectivity index is 1.88. The molecule has 2 aliphatic rings. The van der Waals surface area contributed by atoms with E-state index in [9.17, 15) is 18.0 Å². The first-order valence-corrected chi connectivity index (χ1v) is 12.1. The molecular weight excluding hydrogens is 404 g/mol. The van der Waals surface area contributed by atoms with Crippen LogP contribution in [0.25, 0.3) is 0 Å². The van der Waals surface area contributed by atoms with Gasteiger partial charge in [-0.3, -0.25) is 14.5 Å². The van der Waals surface area contributed by atoms with Gasteiger partial charge in [0.2, 0.25) is 21.8 Å². The highest BCUT2D eigenvalue weighted by Gasteiger charge is 2.40. The van der Waals surface area contributed by atoms with E-state index in [0.29, 0.717) is 38.3 Å². The minimum absolute atomic E-state index is 0.0645. The van der Waals surface area contributed by atoms with Crippen molar-refractivity contribution < 1.29 is 18.0 Å². The Bertz CT molecular complexity index is 906. The SMILES string of the molecule is CCN1CCN(C(=O)[C@H]2Cc3cc(S(=O)(=O)N(CC)CC)ccc3N2C(C)=O)CC1. The van der Waals surface area contributed by atoms with Gasteiger partial charge in [-0.2, -0.15) is 4.31 Å². The summed E-state index contributed by atoms with van der Waals surface area (Å²) in [4.78, 5) is 31.5. The topological polar surface area (TPSA) is 81.2 Å². The fraction of sp³-hybridized carbons (Fsp3) is 0.619. The molecule has 0 aromatic heterocycles. The molecular formula is C21H32N4O4S. The number of amides is 2. The number of hydrogen-bond acceptors (Lipinski definition) is 5. The van der Waals surface area contributed by atoms with Gasteiger partial charge in [-0.1, -0.05) is 20.8 Å². The molecule has 1 fully saturated rings. The van der Waals surface area contributed by atoms with Gasteiger partial charge in [0.25, 0.3) is 0 Å². The van der Waals surface area contributed by atoms with Crippen molar-refractivity contribution in [2.24, 2.45) is 0 Å². The molecule has 1 aromatic carbocycles. The van der Waals surface area contributed by atoms with Gasteiger partial charge < -0.3 is 9.80 Å². The first-order valence-electron chi connectivity index (χ1n) is 10.7. The van der Waals surface area contributed by atoms with Crippen LogP contribution in [0.4, 0.5) is 5.69 Å². The molecule has 1 atom stereocenters. The Kier molecular flexibility index (Phi) is 6.84. The van der Waals surface area contributed by atoms with E-state index in [2.05, 4.69) is 11.8 Å². The second-order valence-corrected chi connectivity index (χ2v) is 9.69. The van der Waals surface area contributed by atoms with Crippen molar-refractivity contribution in [3.8, 4) is 0 Å². The molecule has 0 bridgehead atoms. The smallest absolute Gasteiger partial charge is 0.246 e. The summed E-state index contributed by atoms with van der Waals surface area (Å²) >= 11 is 0. The van der Waals surface area contributed by atoms with Crippen molar-refractivity contribution >= 4 is 27.5 Å². The Morgan fingerprint density at radius 1 is 1.07 bits per heavy atom. The summed E-state index contributed by atoms with van der Waals surface area (Å²) in [6.07, 6.45) is 0.337. The van der Waals surface area contributed by atoms with E-state index in [1.807, 2.05) is 4.90 Å². The van der Waals surface area contributed by atoms with Crippen LogP contribution in [0.5, 0.6) is 0 Å². The average Bonchev–Trinajstić information content (AvgIpc) is 3.13. The van der Waals surface area contributed by atoms with E-state index >= 15 is 0 Å². The maximum atomic E-state index is 13.2. The van der Waals surface area contributed by atoms with Crippen LogP contribution in [0, 0.1) is 0 Å². The third-order valence-electron chi connectivity index (χ3n) is 6.13. The minimum atomic E-state index is -3.60. The lowest BCUT2D eigenvalue weighted by atomic mass is 10.1. The number of sulfonamides is 1. The molecule has 9 heteroatoms. The number of carbonyl (C=O) groups excluding carboxylic acids is 2. The van der Waals surface area contributed by atoms with E-state index in [1.54, 1.807) is 26.0 Å². The number of anilines is 1. The maximum Gasteiger partial charge on any atom is 0.246 e. The number of benzene rings is 1. The molecule has 8 nitrogen and oxygen atoms in total. The standard InChI is InChI=1S/C21H32N4O4S/c1-5-22-10-12-23(13-11-22)21(27)20-15-17-14-18(30(28,29)24(6-2)7-3)8-9-19(17)25(20)16(4)26/h8-9,14,20H,5-7,10-13,15H2,1-4H3/t20-/m1/s1. The number of nitrogens with zero attached hydrogens (tertiary/aromatic N) is 4. The van der Waals surface area contributed by atoms with Crippen molar-refractivity contribution in [2.75, 3.05) is 50.7 Å². The van der Waals surface area contributed by atoms with Crippen LogP contribution >= 0.6 is 0 Å². The zero-order valence-corrected chi connectivity index (χ0v) is 19.1. The van der Waals surface area contributed by atoms with Gasteiger partial charge in [-0.25, -0.2) is 8.42 Å². The second-order valence-electron chi connectivity index (χ2n) is 7.75. The lowest BCUT2D eigenvalue weighted by Gasteiger charge is -2.36. The monoisotopic (exact) mass is 436 g/mol. The Morgan fingerprint density at radius 3 is 2.23 bits per heavy atom. The van der Waals surface area contributed by atoms with E-state index in [4.69, 9.17) is 0 Å². The maximum absolute atomic E-state index is 13.2. The normalized spacial score (nSPS) is 20.0. The summed E-state index contributed by atoms with van der Waals surface area (Å²) in [5.41, 5.74) is 1.36. The molecule has 0 saturated carbocycles. The lowest BCUT2D eigenvalue weighted by molar-refractivity contribution is -0.135. The second kappa shape index (κ2) is 9.03. The molecule has 2 heterocycles. The van der Waals surface area contributed by atoms with Crippen LogP contribution in [0.2, 0.25) is 0 Å². The van der Waals surface area contributed by atoms with Gasteiger partial charge in [0.15, 0.2) is 0 Å². The van der Waals surface area contributed by atoms with Gasteiger partial charge in [0, 0.05) is 58.3 Å². The van der Waals surface area contributed by atoms with Gasteiger partial charge in [0.1, 0.15) is 6.04 Å². The Labute approximate surface area is 179 Å². The molecule has 2 aliphatic heterocycles. The molecule has 1 aromatic rings. The first-order chi connectivity index (χ1) is 14.2. The van der Waals surface area contributed by atoms with Crippen LogP contribution in [0.1, 0.15) is 33.3 Å². The predicted molar refractivity (Wildman–Crippen MR) is 116 cm³/mol. The number of piperazine rings is 1. The minimum Gasteiger partial charge on any atom is -0.338 e. The van der Waals surface area contributed by atoms with Crippen molar-refractivity contribution in [2.45, 2.75) is 45.1 Å². The molecule has 166 valence electrons. The van der Waals surface area contributed by atoms with Crippen molar-refractivity contribution in [1.82, 2.24) is 14.1 Å². The number of likely N-dealkylation sites (N-methyl/N-ethyl adjacent to an activating group) is 1. The largest absolute Gasteiger partial charge is 0.338 e. The molecule has 30 heavy (non-hydrogen) atoms. The molecule has 0 spiro atoms. The van der Waals surface area contributed by atoms with E-state index in [1.165, 1.54) is 22.2 Å². The molecule has 0 unspecified atom stereocenters. The van der Waals surface area contributed by atoms with Gasteiger partial charge in [-0.15, -0.1) is 0 Å². The van der Waals surface area contributed by atoms with Crippen LogP contribution < -0.4 is 4.90 Å². The van der Waals surface area contributed by atoms with Gasteiger partial charge in [-0.05, 0) is 30.3 Å². The van der Waals surface area contributed by atoms with Crippen LogP contribution in [-0.2, 0) is 26.0 Å². The molecule has 3 rings (SSSR count). The number of hydrogen-bond donors (Lipinski definition) is 0.